The van der Waals surface area contributed by atoms with Gasteiger partial charge < -0.3 is 5.32 Å². The van der Waals surface area contributed by atoms with Crippen molar-refractivity contribution in [1.29, 1.82) is 0 Å². The van der Waals surface area contributed by atoms with Crippen molar-refractivity contribution in [2.45, 2.75) is 31.8 Å². The number of aryl methyl sites for hydroxylation is 1. The number of hydrogen-bond donors (Lipinski definition) is 1. The Kier molecular flexibility index (Phi) is 3.77. The molecule has 18 heavy (non-hydrogen) atoms. The molecule has 1 atom stereocenters. The summed E-state index contributed by atoms with van der Waals surface area (Å²) in [6.07, 6.45) is 7.50. The molecule has 0 spiro atoms. The quantitative estimate of drug-likeness (QED) is 0.921. The van der Waals surface area contributed by atoms with E-state index in [-0.39, 0.29) is 0 Å². The first-order chi connectivity index (χ1) is 8.83. The summed E-state index contributed by atoms with van der Waals surface area (Å²) in [5.74, 6) is 0. The lowest BCUT2D eigenvalue weighted by Gasteiger charge is -2.23. The number of thiophene rings is 1. The molecule has 1 aliphatic carbocycles. The lowest BCUT2D eigenvalue weighted by molar-refractivity contribution is 0.463. The molecule has 2 aromatic rings. The number of halogens is 1. The predicted octanol–water partition coefficient (Wildman–Crippen LogP) is 4.07. The van der Waals surface area contributed by atoms with Gasteiger partial charge in [-0.3, -0.25) is 4.98 Å². The normalized spacial score (nSPS) is 18.6. The van der Waals surface area contributed by atoms with E-state index in [1.54, 1.807) is 0 Å². The van der Waals surface area contributed by atoms with Gasteiger partial charge in [-0.05, 0) is 58.5 Å². The van der Waals surface area contributed by atoms with Crippen LogP contribution in [0.4, 0.5) is 0 Å². The van der Waals surface area contributed by atoms with Gasteiger partial charge in [0, 0.05) is 29.9 Å². The summed E-state index contributed by atoms with van der Waals surface area (Å²) in [7, 11) is 0. The summed E-state index contributed by atoms with van der Waals surface area (Å²) in [5.41, 5.74) is 2.74. The summed E-state index contributed by atoms with van der Waals surface area (Å²) in [5, 5.41) is 3.65. The zero-order chi connectivity index (χ0) is 12.4. The molecule has 1 unspecified atom stereocenters. The number of fused-ring (bicyclic) bond motifs is 1. The van der Waals surface area contributed by atoms with E-state index in [4.69, 9.17) is 0 Å². The Labute approximate surface area is 120 Å². The van der Waals surface area contributed by atoms with Gasteiger partial charge in [-0.15, -0.1) is 11.3 Å². The van der Waals surface area contributed by atoms with Crippen LogP contribution in [-0.2, 0) is 13.0 Å². The molecule has 0 fully saturated rings. The Balaban J connectivity index is 1.71. The number of pyridine rings is 1. The fraction of sp³-hybridized carbons (Fsp3) is 0.357. The molecule has 3 rings (SSSR count). The van der Waals surface area contributed by atoms with E-state index >= 15 is 0 Å². The number of nitrogens with zero attached hydrogens (tertiary/aromatic N) is 1. The van der Waals surface area contributed by atoms with Gasteiger partial charge in [0.2, 0.25) is 0 Å². The second-order valence-electron chi connectivity index (χ2n) is 4.62. The predicted molar refractivity (Wildman–Crippen MR) is 78.8 cm³/mol. The fourth-order valence-corrected chi connectivity index (χ4v) is 4.30. The zero-order valence-corrected chi connectivity index (χ0v) is 12.4. The third-order valence-corrected chi connectivity index (χ3v) is 5.07. The van der Waals surface area contributed by atoms with E-state index in [2.05, 4.69) is 38.4 Å². The molecule has 4 heteroatoms. The molecule has 94 valence electrons. The van der Waals surface area contributed by atoms with Gasteiger partial charge in [0.15, 0.2) is 0 Å². The molecule has 2 aromatic heterocycles. The molecule has 2 nitrogen and oxygen atoms in total. The maximum Gasteiger partial charge on any atom is 0.0704 e. The van der Waals surface area contributed by atoms with Gasteiger partial charge in [0.25, 0.3) is 0 Å². The van der Waals surface area contributed by atoms with Crippen LogP contribution < -0.4 is 5.32 Å². The van der Waals surface area contributed by atoms with Gasteiger partial charge >= 0.3 is 0 Å². The number of nitrogens with one attached hydrogen (secondary N) is 1. The van der Waals surface area contributed by atoms with Gasteiger partial charge in [-0.1, -0.05) is 6.07 Å². The largest absolute Gasteiger partial charge is 0.306 e. The minimum atomic E-state index is 0.497. The van der Waals surface area contributed by atoms with Gasteiger partial charge in [-0.2, -0.15) is 0 Å². The van der Waals surface area contributed by atoms with E-state index in [0.29, 0.717) is 6.04 Å². The minimum Gasteiger partial charge on any atom is -0.306 e. The first-order valence-corrected chi connectivity index (χ1v) is 7.84. The molecule has 2 heterocycles. The van der Waals surface area contributed by atoms with E-state index in [9.17, 15) is 0 Å². The van der Waals surface area contributed by atoms with Crippen LogP contribution in [0.25, 0.3) is 0 Å². The van der Waals surface area contributed by atoms with Gasteiger partial charge in [-0.25, -0.2) is 0 Å². The highest BCUT2D eigenvalue weighted by Gasteiger charge is 2.21. The lowest BCUT2D eigenvalue weighted by Crippen LogP contribution is -2.23. The molecule has 0 saturated carbocycles. The first-order valence-electron chi connectivity index (χ1n) is 6.23. The highest BCUT2D eigenvalue weighted by atomic mass is 79.9. The highest BCUT2D eigenvalue weighted by molar-refractivity contribution is 9.11. The molecule has 0 bridgehead atoms. The molecule has 0 saturated heterocycles. The lowest BCUT2D eigenvalue weighted by atomic mass is 9.94. The topological polar surface area (TPSA) is 24.9 Å². The third-order valence-electron chi connectivity index (χ3n) is 3.36. The molecule has 0 aliphatic heterocycles. The van der Waals surface area contributed by atoms with Crippen LogP contribution >= 0.6 is 27.3 Å². The molecule has 0 amide bonds. The number of rotatable bonds is 3. The minimum absolute atomic E-state index is 0.497. The van der Waals surface area contributed by atoms with Crippen molar-refractivity contribution in [2.75, 3.05) is 0 Å². The monoisotopic (exact) mass is 322 g/mol. The number of hydrogen-bond acceptors (Lipinski definition) is 3. The van der Waals surface area contributed by atoms with Crippen molar-refractivity contribution < 1.29 is 0 Å². The number of aromatic nitrogens is 1. The van der Waals surface area contributed by atoms with Crippen molar-refractivity contribution in [3.63, 3.8) is 0 Å². The third kappa shape index (κ3) is 2.66. The van der Waals surface area contributed by atoms with Crippen molar-refractivity contribution in [2.24, 2.45) is 0 Å². The summed E-state index contributed by atoms with van der Waals surface area (Å²) in [6.45, 7) is 0.894. The van der Waals surface area contributed by atoms with Crippen molar-refractivity contribution in [3.8, 4) is 0 Å². The second-order valence-corrected chi connectivity index (χ2v) is 7.13. The van der Waals surface area contributed by atoms with E-state index < -0.39 is 0 Å². The molecular formula is C14H15BrN2S. The Morgan fingerprint density at radius 1 is 1.50 bits per heavy atom. The standard InChI is InChI=1S/C14H15BrN2S/c15-14-7-11-12(4-1-5-13(11)18-14)17-9-10-3-2-6-16-8-10/h2-3,6-8,12,17H,1,4-5,9H2. The maximum absolute atomic E-state index is 4.15. The molecule has 0 aromatic carbocycles. The molecule has 1 aliphatic rings. The van der Waals surface area contributed by atoms with Crippen LogP contribution in [0.5, 0.6) is 0 Å². The average Bonchev–Trinajstić information content (AvgIpc) is 2.78. The Morgan fingerprint density at radius 3 is 3.28 bits per heavy atom. The smallest absolute Gasteiger partial charge is 0.0704 e. The highest BCUT2D eigenvalue weighted by Crippen LogP contribution is 2.37. The van der Waals surface area contributed by atoms with Crippen molar-refractivity contribution >= 4 is 27.3 Å². The summed E-state index contributed by atoms with van der Waals surface area (Å²) < 4.78 is 1.25. The maximum atomic E-state index is 4.15. The molecule has 0 radical (unpaired) electrons. The SMILES string of the molecule is Brc1cc2c(s1)CCCC2NCc1cccnc1. The second kappa shape index (κ2) is 5.51. The summed E-state index contributed by atoms with van der Waals surface area (Å²) in [6, 6.07) is 6.88. The van der Waals surface area contributed by atoms with E-state index in [0.717, 1.165) is 6.54 Å². The van der Waals surface area contributed by atoms with E-state index in [1.807, 2.05) is 29.8 Å². The average molecular weight is 323 g/mol. The zero-order valence-electron chi connectivity index (χ0n) is 10.0. The first kappa shape index (κ1) is 12.3. The fourth-order valence-electron chi connectivity index (χ4n) is 2.48. The van der Waals surface area contributed by atoms with Crippen LogP contribution in [0.3, 0.4) is 0 Å². The Hall–Kier alpha value is -0.710. The van der Waals surface area contributed by atoms with Gasteiger partial charge in [0.05, 0.1) is 3.79 Å². The summed E-state index contributed by atoms with van der Waals surface area (Å²) in [4.78, 5) is 5.69. The van der Waals surface area contributed by atoms with Crippen LogP contribution in [0, 0.1) is 0 Å². The Bertz CT molecular complexity index is 524. The molecular weight excluding hydrogens is 308 g/mol. The molecule has 1 N–H and O–H groups in total. The van der Waals surface area contributed by atoms with Crippen molar-refractivity contribution in [3.05, 3.63) is 50.4 Å². The van der Waals surface area contributed by atoms with Gasteiger partial charge in [0.1, 0.15) is 0 Å². The van der Waals surface area contributed by atoms with Crippen LogP contribution in [-0.4, -0.2) is 4.98 Å². The van der Waals surface area contributed by atoms with Crippen LogP contribution in [0.1, 0.15) is 34.9 Å². The summed E-state index contributed by atoms with van der Waals surface area (Å²) >= 11 is 5.48. The van der Waals surface area contributed by atoms with Crippen LogP contribution in [0.2, 0.25) is 0 Å². The van der Waals surface area contributed by atoms with E-state index in [1.165, 1.54) is 39.1 Å². The Morgan fingerprint density at radius 2 is 2.44 bits per heavy atom. The van der Waals surface area contributed by atoms with Crippen LogP contribution in [0.15, 0.2) is 34.4 Å². The van der Waals surface area contributed by atoms with Crippen molar-refractivity contribution in [1.82, 2.24) is 10.3 Å².